The van der Waals surface area contributed by atoms with Gasteiger partial charge in [-0.25, -0.2) is 0 Å². The van der Waals surface area contributed by atoms with E-state index in [0.717, 1.165) is 38.7 Å². The second kappa shape index (κ2) is 14.0. The van der Waals surface area contributed by atoms with Crippen LogP contribution in [0.4, 0.5) is 0 Å². The molecule has 0 saturated carbocycles. The SMILES string of the molecule is CCOCCNC(=NC)NCCN(C)CC.I. The highest BCUT2D eigenvalue weighted by Crippen LogP contribution is 1.78. The Morgan fingerprint density at radius 2 is 1.88 bits per heavy atom. The lowest BCUT2D eigenvalue weighted by Crippen LogP contribution is -2.42. The molecule has 6 heteroatoms. The van der Waals surface area contributed by atoms with Gasteiger partial charge < -0.3 is 20.3 Å². The molecule has 0 atom stereocenters. The molecular weight excluding hydrogens is 331 g/mol. The van der Waals surface area contributed by atoms with E-state index in [-0.39, 0.29) is 24.0 Å². The van der Waals surface area contributed by atoms with Crippen LogP contribution < -0.4 is 10.6 Å². The minimum absolute atomic E-state index is 0. The molecule has 5 nitrogen and oxygen atoms in total. The minimum atomic E-state index is 0. The molecule has 0 aromatic carbocycles. The smallest absolute Gasteiger partial charge is 0.191 e. The van der Waals surface area contributed by atoms with Gasteiger partial charge in [0.15, 0.2) is 5.96 Å². The van der Waals surface area contributed by atoms with Gasteiger partial charge in [-0.15, -0.1) is 24.0 Å². The van der Waals surface area contributed by atoms with Gasteiger partial charge in [-0.1, -0.05) is 6.92 Å². The maximum Gasteiger partial charge on any atom is 0.191 e. The first-order valence-corrected chi connectivity index (χ1v) is 5.95. The molecule has 0 aliphatic heterocycles. The summed E-state index contributed by atoms with van der Waals surface area (Å²) in [6.45, 7) is 9.39. The molecule has 0 spiro atoms. The maximum atomic E-state index is 5.23. The van der Waals surface area contributed by atoms with E-state index in [1.165, 1.54) is 0 Å². The normalized spacial score (nSPS) is 11.2. The monoisotopic (exact) mass is 358 g/mol. The number of hydrogen-bond acceptors (Lipinski definition) is 3. The van der Waals surface area contributed by atoms with Crippen LogP contribution in [0.2, 0.25) is 0 Å². The predicted molar refractivity (Wildman–Crippen MR) is 84.4 cm³/mol. The summed E-state index contributed by atoms with van der Waals surface area (Å²) in [5, 5.41) is 6.44. The molecule has 0 heterocycles. The van der Waals surface area contributed by atoms with Crippen molar-refractivity contribution in [2.75, 3.05) is 53.5 Å². The van der Waals surface area contributed by atoms with Crippen molar-refractivity contribution in [2.45, 2.75) is 13.8 Å². The van der Waals surface area contributed by atoms with Crippen molar-refractivity contribution >= 4 is 29.9 Å². The molecule has 0 rings (SSSR count). The molecule has 0 aromatic heterocycles. The number of nitrogens with zero attached hydrogens (tertiary/aromatic N) is 2. The second-order valence-electron chi connectivity index (χ2n) is 3.52. The van der Waals surface area contributed by atoms with Crippen LogP contribution in [-0.4, -0.2) is 64.3 Å². The van der Waals surface area contributed by atoms with Crippen LogP contribution in [0.3, 0.4) is 0 Å². The Hall–Kier alpha value is -0.0800. The van der Waals surface area contributed by atoms with Gasteiger partial charge in [-0.3, -0.25) is 4.99 Å². The zero-order valence-electron chi connectivity index (χ0n) is 11.5. The molecule has 0 aliphatic carbocycles. The first-order chi connectivity index (χ1) is 7.74. The predicted octanol–water partition coefficient (Wildman–Crippen LogP) is 0.758. The molecule has 0 saturated heterocycles. The van der Waals surface area contributed by atoms with Crippen LogP contribution in [0.25, 0.3) is 0 Å². The topological polar surface area (TPSA) is 48.9 Å². The highest BCUT2D eigenvalue weighted by Gasteiger charge is 1.97. The van der Waals surface area contributed by atoms with Crippen molar-refractivity contribution in [1.29, 1.82) is 0 Å². The lowest BCUT2D eigenvalue weighted by atomic mass is 10.5. The van der Waals surface area contributed by atoms with Gasteiger partial charge in [-0.2, -0.15) is 0 Å². The van der Waals surface area contributed by atoms with Crippen molar-refractivity contribution in [1.82, 2.24) is 15.5 Å². The molecule has 0 amide bonds. The average molecular weight is 358 g/mol. The van der Waals surface area contributed by atoms with Crippen LogP contribution in [-0.2, 0) is 4.74 Å². The van der Waals surface area contributed by atoms with E-state index in [4.69, 9.17) is 4.74 Å². The van der Waals surface area contributed by atoms with E-state index in [9.17, 15) is 0 Å². The molecule has 0 unspecified atom stereocenters. The largest absolute Gasteiger partial charge is 0.380 e. The number of guanidine groups is 1. The van der Waals surface area contributed by atoms with E-state index in [2.05, 4.69) is 34.5 Å². The van der Waals surface area contributed by atoms with Crippen LogP contribution >= 0.6 is 24.0 Å². The van der Waals surface area contributed by atoms with E-state index in [1.54, 1.807) is 7.05 Å². The first-order valence-electron chi connectivity index (χ1n) is 5.95. The third-order valence-electron chi connectivity index (χ3n) is 2.29. The maximum absolute atomic E-state index is 5.23. The van der Waals surface area contributed by atoms with Gasteiger partial charge in [0.1, 0.15) is 0 Å². The Kier molecular flexibility index (Phi) is 15.8. The summed E-state index contributed by atoms with van der Waals surface area (Å²) in [6, 6.07) is 0. The van der Waals surface area contributed by atoms with Crippen LogP contribution in [0, 0.1) is 0 Å². The molecular formula is C11H27IN4O. The quantitative estimate of drug-likeness (QED) is 0.291. The molecule has 0 radical (unpaired) electrons. The van der Waals surface area contributed by atoms with E-state index < -0.39 is 0 Å². The molecule has 2 N–H and O–H groups in total. The zero-order chi connectivity index (χ0) is 12.2. The fraction of sp³-hybridized carbons (Fsp3) is 0.909. The fourth-order valence-electron chi connectivity index (χ4n) is 1.13. The number of halogens is 1. The van der Waals surface area contributed by atoms with Crippen molar-refractivity contribution in [3.8, 4) is 0 Å². The number of aliphatic imine (C=N–C) groups is 1. The number of nitrogens with one attached hydrogen (secondary N) is 2. The van der Waals surface area contributed by atoms with Crippen LogP contribution in [0.1, 0.15) is 13.8 Å². The highest BCUT2D eigenvalue weighted by molar-refractivity contribution is 14.0. The van der Waals surface area contributed by atoms with E-state index in [0.29, 0.717) is 6.61 Å². The minimum Gasteiger partial charge on any atom is -0.380 e. The first kappa shape index (κ1) is 19.3. The fourth-order valence-corrected chi connectivity index (χ4v) is 1.13. The molecule has 0 aromatic rings. The number of ether oxygens (including phenoxy) is 1. The van der Waals surface area contributed by atoms with E-state index in [1.807, 2.05) is 6.92 Å². The molecule has 17 heavy (non-hydrogen) atoms. The summed E-state index contributed by atoms with van der Waals surface area (Å²) in [5.41, 5.74) is 0. The zero-order valence-corrected chi connectivity index (χ0v) is 13.8. The summed E-state index contributed by atoms with van der Waals surface area (Å²) in [5.74, 6) is 0.837. The average Bonchev–Trinajstić information content (AvgIpc) is 2.31. The highest BCUT2D eigenvalue weighted by atomic mass is 127. The Bertz CT molecular complexity index is 190. The van der Waals surface area contributed by atoms with Crippen LogP contribution in [0.5, 0.6) is 0 Å². The summed E-state index contributed by atoms with van der Waals surface area (Å²) < 4.78 is 5.23. The standard InChI is InChI=1S/C11H26N4O.HI/c1-5-15(4)9-7-13-11(12-3)14-8-10-16-6-2;/h5-10H2,1-4H3,(H2,12,13,14);1H. The van der Waals surface area contributed by atoms with Gasteiger partial charge >= 0.3 is 0 Å². The Labute approximate surface area is 122 Å². The molecule has 104 valence electrons. The number of hydrogen-bond donors (Lipinski definition) is 2. The van der Waals surface area contributed by atoms with Gasteiger partial charge in [0.2, 0.25) is 0 Å². The second-order valence-corrected chi connectivity index (χ2v) is 3.52. The third kappa shape index (κ3) is 12.2. The lowest BCUT2D eigenvalue weighted by molar-refractivity contribution is 0.152. The summed E-state index contributed by atoms with van der Waals surface area (Å²) in [4.78, 5) is 6.38. The summed E-state index contributed by atoms with van der Waals surface area (Å²) in [6.07, 6.45) is 0. The van der Waals surface area contributed by atoms with Gasteiger partial charge in [-0.05, 0) is 20.5 Å². The molecule has 0 bridgehead atoms. The van der Waals surface area contributed by atoms with Crippen molar-refractivity contribution in [2.24, 2.45) is 4.99 Å². The summed E-state index contributed by atoms with van der Waals surface area (Å²) >= 11 is 0. The van der Waals surface area contributed by atoms with Crippen molar-refractivity contribution in [3.63, 3.8) is 0 Å². The Morgan fingerprint density at radius 1 is 1.24 bits per heavy atom. The van der Waals surface area contributed by atoms with Gasteiger partial charge in [0, 0.05) is 33.3 Å². The van der Waals surface area contributed by atoms with Crippen molar-refractivity contribution in [3.05, 3.63) is 0 Å². The lowest BCUT2D eigenvalue weighted by Gasteiger charge is -2.16. The number of likely N-dealkylation sites (N-methyl/N-ethyl adjacent to an activating group) is 1. The Morgan fingerprint density at radius 3 is 2.41 bits per heavy atom. The number of rotatable bonds is 8. The summed E-state index contributed by atoms with van der Waals surface area (Å²) in [7, 11) is 3.88. The Balaban J connectivity index is 0. The third-order valence-corrected chi connectivity index (χ3v) is 2.29. The molecule has 0 fully saturated rings. The van der Waals surface area contributed by atoms with Gasteiger partial charge in [0.25, 0.3) is 0 Å². The van der Waals surface area contributed by atoms with Crippen LogP contribution in [0.15, 0.2) is 4.99 Å². The van der Waals surface area contributed by atoms with Gasteiger partial charge in [0.05, 0.1) is 6.61 Å². The van der Waals surface area contributed by atoms with E-state index >= 15 is 0 Å². The molecule has 0 aliphatic rings. The van der Waals surface area contributed by atoms with Crippen molar-refractivity contribution < 1.29 is 4.74 Å².